The second-order valence-corrected chi connectivity index (χ2v) is 7.89. The second-order valence-electron chi connectivity index (χ2n) is 7.89. The molecule has 0 aromatic carbocycles. The highest BCUT2D eigenvalue weighted by Gasteiger charge is 2.29. The van der Waals surface area contributed by atoms with E-state index >= 15 is 0 Å². The molecule has 5 heteroatoms. The number of rotatable bonds is 5. The van der Waals surface area contributed by atoms with Crippen molar-refractivity contribution in [3.05, 3.63) is 29.6 Å². The predicted molar refractivity (Wildman–Crippen MR) is 92.3 cm³/mol. The first kappa shape index (κ1) is 15.6. The lowest BCUT2D eigenvalue weighted by molar-refractivity contribution is -0.0722. The van der Waals surface area contributed by atoms with Crippen LogP contribution >= 0.6 is 0 Å². The van der Waals surface area contributed by atoms with Crippen LogP contribution in [0, 0.1) is 0 Å². The van der Waals surface area contributed by atoms with Gasteiger partial charge in [-0.15, -0.1) is 0 Å². The zero-order valence-electron chi connectivity index (χ0n) is 14.6. The second kappa shape index (κ2) is 5.88. The van der Waals surface area contributed by atoms with Crippen molar-refractivity contribution in [3.63, 3.8) is 0 Å². The van der Waals surface area contributed by atoms with E-state index in [-0.39, 0.29) is 11.5 Å². The molecule has 0 radical (unpaired) electrons. The van der Waals surface area contributed by atoms with Gasteiger partial charge in [0.25, 0.3) is 0 Å². The number of aromatic nitrogens is 3. The predicted octanol–water partition coefficient (Wildman–Crippen LogP) is 3.81. The summed E-state index contributed by atoms with van der Waals surface area (Å²) in [6.45, 7) is 7.98. The van der Waals surface area contributed by atoms with E-state index in [9.17, 15) is 0 Å². The highest BCUT2D eigenvalue weighted by Crippen LogP contribution is 2.44. The van der Waals surface area contributed by atoms with Gasteiger partial charge in [-0.25, -0.2) is 0 Å². The monoisotopic (exact) mass is 327 g/mol. The van der Waals surface area contributed by atoms with Crippen molar-refractivity contribution >= 4 is 0 Å². The van der Waals surface area contributed by atoms with E-state index in [0.717, 1.165) is 35.9 Å². The SMILES string of the molecule is CC(C)(C)c1cc(-c2cc(OCC3CCO3)c(C3CC3)cn2)n[nH]1. The maximum Gasteiger partial charge on any atom is 0.126 e. The third-order valence-electron chi connectivity index (χ3n) is 4.78. The molecule has 2 aliphatic rings. The highest BCUT2D eigenvalue weighted by molar-refractivity contribution is 5.58. The van der Waals surface area contributed by atoms with Crippen molar-refractivity contribution < 1.29 is 9.47 Å². The van der Waals surface area contributed by atoms with Crippen molar-refractivity contribution in [2.24, 2.45) is 0 Å². The Morgan fingerprint density at radius 2 is 2.00 bits per heavy atom. The first-order valence-electron chi connectivity index (χ1n) is 8.81. The molecule has 2 aromatic rings. The van der Waals surface area contributed by atoms with E-state index in [1.54, 1.807) is 0 Å². The lowest BCUT2D eigenvalue weighted by Gasteiger charge is -2.26. The van der Waals surface area contributed by atoms with Crippen molar-refractivity contribution in [1.29, 1.82) is 0 Å². The molecule has 0 bridgehead atoms. The summed E-state index contributed by atoms with van der Waals surface area (Å²) in [6, 6.07) is 4.12. The van der Waals surface area contributed by atoms with Crippen LogP contribution in [0.4, 0.5) is 0 Å². The number of ether oxygens (including phenoxy) is 2. The van der Waals surface area contributed by atoms with Crippen LogP contribution in [0.2, 0.25) is 0 Å². The first-order chi connectivity index (χ1) is 11.5. The summed E-state index contributed by atoms with van der Waals surface area (Å²) in [5.41, 5.74) is 4.10. The molecular weight excluding hydrogens is 302 g/mol. The Kier molecular flexibility index (Phi) is 3.83. The van der Waals surface area contributed by atoms with E-state index in [4.69, 9.17) is 9.47 Å². The Morgan fingerprint density at radius 1 is 1.21 bits per heavy atom. The number of pyridine rings is 1. The minimum atomic E-state index is 0.0418. The van der Waals surface area contributed by atoms with E-state index in [1.165, 1.54) is 18.4 Å². The molecule has 1 N–H and O–H groups in total. The number of H-pyrrole nitrogens is 1. The zero-order chi connectivity index (χ0) is 16.7. The van der Waals surface area contributed by atoms with Crippen LogP contribution in [-0.4, -0.2) is 34.5 Å². The molecule has 128 valence electrons. The molecule has 4 rings (SSSR count). The standard InChI is InChI=1S/C19H25N3O2/c1-19(2,3)18-9-16(21-22-18)15-8-17(24-11-13-6-7-23-13)14(10-20-15)12-4-5-12/h8-10,12-13H,4-7,11H2,1-3H3,(H,21,22). The molecule has 2 aromatic heterocycles. The third kappa shape index (κ3) is 3.18. The fourth-order valence-electron chi connectivity index (χ4n) is 2.85. The Balaban J connectivity index is 1.59. The van der Waals surface area contributed by atoms with Crippen molar-refractivity contribution in [2.75, 3.05) is 13.2 Å². The summed E-state index contributed by atoms with van der Waals surface area (Å²) < 4.78 is 11.5. The highest BCUT2D eigenvalue weighted by atomic mass is 16.5. The van der Waals surface area contributed by atoms with Crippen LogP contribution in [0.3, 0.4) is 0 Å². The van der Waals surface area contributed by atoms with Gasteiger partial charge >= 0.3 is 0 Å². The van der Waals surface area contributed by atoms with E-state index < -0.39 is 0 Å². The number of hydrogen-bond donors (Lipinski definition) is 1. The number of nitrogens with zero attached hydrogens (tertiary/aromatic N) is 2. The van der Waals surface area contributed by atoms with Crippen LogP contribution in [0.15, 0.2) is 18.3 Å². The van der Waals surface area contributed by atoms with Crippen LogP contribution in [0.1, 0.15) is 57.2 Å². The summed E-state index contributed by atoms with van der Waals surface area (Å²) in [7, 11) is 0. The molecule has 2 fully saturated rings. The molecule has 24 heavy (non-hydrogen) atoms. The fraction of sp³-hybridized carbons (Fsp3) is 0.579. The van der Waals surface area contributed by atoms with Crippen molar-refractivity contribution in [3.8, 4) is 17.1 Å². The average molecular weight is 327 g/mol. The van der Waals surface area contributed by atoms with Crippen LogP contribution in [0.25, 0.3) is 11.4 Å². The third-order valence-corrected chi connectivity index (χ3v) is 4.78. The van der Waals surface area contributed by atoms with Gasteiger partial charge in [0.2, 0.25) is 0 Å². The molecule has 1 atom stereocenters. The molecule has 1 unspecified atom stereocenters. The number of nitrogens with one attached hydrogen (secondary N) is 1. The largest absolute Gasteiger partial charge is 0.490 e. The zero-order valence-corrected chi connectivity index (χ0v) is 14.6. The quantitative estimate of drug-likeness (QED) is 0.907. The number of aromatic amines is 1. The number of hydrogen-bond acceptors (Lipinski definition) is 4. The van der Waals surface area contributed by atoms with Gasteiger partial charge in [-0.2, -0.15) is 5.10 Å². The van der Waals surface area contributed by atoms with Gasteiger partial charge in [0, 0.05) is 42.0 Å². The maximum atomic E-state index is 6.08. The molecule has 5 nitrogen and oxygen atoms in total. The molecule has 1 aliphatic carbocycles. The summed E-state index contributed by atoms with van der Waals surface area (Å²) >= 11 is 0. The molecule has 1 saturated carbocycles. The average Bonchev–Trinajstić information content (AvgIpc) is 3.20. The van der Waals surface area contributed by atoms with Gasteiger partial charge in [0.1, 0.15) is 18.1 Å². The Bertz CT molecular complexity index is 724. The van der Waals surface area contributed by atoms with Gasteiger partial charge in [-0.05, 0) is 24.8 Å². The first-order valence-corrected chi connectivity index (χ1v) is 8.81. The van der Waals surface area contributed by atoms with E-state index in [1.807, 2.05) is 12.3 Å². The fourth-order valence-corrected chi connectivity index (χ4v) is 2.85. The van der Waals surface area contributed by atoms with Crippen LogP contribution in [0.5, 0.6) is 5.75 Å². The molecule has 0 amide bonds. The van der Waals surface area contributed by atoms with Crippen molar-refractivity contribution in [2.45, 2.75) is 57.5 Å². The lowest BCUT2D eigenvalue weighted by atomic mass is 9.92. The molecular formula is C19H25N3O2. The van der Waals surface area contributed by atoms with Gasteiger partial charge in [0.15, 0.2) is 0 Å². The topological polar surface area (TPSA) is 60.0 Å². The van der Waals surface area contributed by atoms with Crippen molar-refractivity contribution in [1.82, 2.24) is 15.2 Å². The molecule has 0 spiro atoms. The Hall–Kier alpha value is -1.88. The van der Waals surface area contributed by atoms with Gasteiger partial charge in [-0.3, -0.25) is 10.1 Å². The minimum Gasteiger partial charge on any atom is -0.490 e. The van der Waals surface area contributed by atoms with Gasteiger partial charge < -0.3 is 9.47 Å². The summed E-state index contributed by atoms with van der Waals surface area (Å²) in [4.78, 5) is 4.63. The Labute approximate surface area is 142 Å². The smallest absolute Gasteiger partial charge is 0.126 e. The summed E-state index contributed by atoms with van der Waals surface area (Å²) in [5.74, 6) is 1.55. The molecule has 1 saturated heterocycles. The summed E-state index contributed by atoms with van der Waals surface area (Å²) in [6.07, 6.45) is 5.76. The summed E-state index contributed by atoms with van der Waals surface area (Å²) in [5, 5.41) is 7.57. The Morgan fingerprint density at radius 3 is 2.58 bits per heavy atom. The molecule has 3 heterocycles. The van der Waals surface area contributed by atoms with E-state index in [2.05, 4.69) is 42.0 Å². The molecule has 1 aliphatic heterocycles. The lowest BCUT2D eigenvalue weighted by Crippen LogP contribution is -2.32. The van der Waals surface area contributed by atoms with Gasteiger partial charge in [-0.1, -0.05) is 20.8 Å². The van der Waals surface area contributed by atoms with E-state index in [0.29, 0.717) is 12.5 Å². The van der Waals surface area contributed by atoms with Crippen LogP contribution in [-0.2, 0) is 10.2 Å². The maximum absolute atomic E-state index is 6.08. The van der Waals surface area contributed by atoms with Gasteiger partial charge in [0.05, 0.1) is 11.8 Å². The normalized spacial score (nSPS) is 20.7. The minimum absolute atomic E-state index is 0.0418. The van der Waals surface area contributed by atoms with Crippen LogP contribution < -0.4 is 4.74 Å².